The average molecular weight is 864 g/mol. The number of benzene rings is 2. The molecule has 2 saturated heterocycles. The van der Waals surface area contributed by atoms with Crippen molar-refractivity contribution >= 4 is 80.2 Å². The van der Waals surface area contributed by atoms with E-state index in [0.29, 0.717) is 24.0 Å². The minimum Gasteiger partial charge on any atom is -0.364 e. The van der Waals surface area contributed by atoms with Gasteiger partial charge in [-0.1, -0.05) is 25.3 Å². The van der Waals surface area contributed by atoms with E-state index in [1.165, 1.54) is 12.2 Å². The molecule has 2 aromatic carbocycles. The molecule has 0 saturated carbocycles. The molecule has 4 atom stereocenters. The molecule has 0 radical (unpaired) electrons. The molecule has 8 rings (SSSR count). The molecule has 6 aromatic rings. The molecule has 6 heterocycles. The summed E-state index contributed by atoms with van der Waals surface area (Å²) in [5.41, 5.74) is 14.2. The summed E-state index contributed by atoms with van der Waals surface area (Å²) in [6, 6.07) is 18.7. The van der Waals surface area contributed by atoms with E-state index in [1.807, 2.05) is 79.4 Å². The second-order valence-corrected chi connectivity index (χ2v) is 15.3. The average Bonchev–Trinajstić information content (AvgIpc) is 3.30. The standard InChI is InChI=1S/C23H25N7O2.C22H24N8O2/c1-3-20(31)28-17-7-5-11-30(14(17)2)19-13-26-21(22(24)32)23(29-19)27-16-8-9-18-15(12-16)6-4-10-25-18;1-3-18(31)26-16-7-5-11-30(13(16)2)22-27-21(19(20(23)32)28-29-22)25-15-8-9-17-14(12-15)6-4-10-24-17/h3-4,6,8-10,12-14,17H,1,5,7,11H2,2H3,(H2,24,32)(H,27,29)(H,28,31);3-4,6,8-10,12-13,16H,1,5,7,11H2,2H3,(H2,23,32)(H,26,31)(H,25,27,29)/t14-,17-;13-,16-/m11/s1. The van der Waals surface area contributed by atoms with Crippen molar-refractivity contribution in [2.24, 2.45) is 11.5 Å². The van der Waals surface area contributed by atoms with Crippen LogP contribution in [0.2, 0.25) is 0 Å². The zero-order chi connectivity index (χ0) is 45.3. The van der Waals surface area contributed by atoms with Crippen LogP contribution in [0.1, 0.15) is 60.5 Å². The van der Waals surface area contributed by atoms with Crippen LogP contribution in [-0.4, -0.2) is 96.0 Å². The molecule has 2 fully saturated rings. The smallest absolute Gasteiger partial charge is 0.273 e. The molecule has 328 valence electrons. The van der Waals surface area contributed by atoms with E-state index in [4.69, 9.17) is 11.5 Å². The fourth-order valence-electron chi connectivity index (χ4n) is 7.82. The molecule has 4 aromatic heterocycles. The van der Waals surface area contributed by atoms with Crippen LogP contribution in [0.4, 0.5) is 34.8 Å². The summed E-state index contributed by atoms with van der Waals surface area (Å²) in [5, 5.41) is 22.3. The van der Waals surface area contributed by atoms with E-state index in [0.717, 1.165) is 59.7 Å². The Morgan fingerprint density at radius 2 is 1.19 bits per heavy atom. The summed E-state index contributed by atoms with van der Waals surface area (Å²) in [6.45, 7) is 12.5. The number of rotatable bonds is 12. The van der Waals surface area contributed by atoms with Gasteiger partial charge < -0.3 is 42.5 Å². The van der Waals surface area contributed by atoms with Crippen LogP contribution in [0.25, 0.3) is 21.8 Å². The number of fused-ring (bicyclic) bond motifs is 2. The van der Waals surface area contributed by atoms with Crippen LogP contribution in [0.3, 0.4) is 0 Å². The van der Waals surface area contributed by atoms with Gasteiger partial charge in [-0.25, -0.2) is 9.97 Å². The molecule has 19 heteroatoms. The SMILES string of the molecule is C=CC(=O)N[C@@H]1CCCN(c2cnc(C(N)=O)c(Nc3ccc4ncccc4c3)n2)[C@@H]1C.C=CC(=O)N[C@@H]1CCCN(c2nnc(C(N)=O)c(Nc3ccc4ncccc4c3)n2)[C@@H]1C. The number of primary amides is 2. The van der Waals surface area contributed by atoms with Crippen LogP contribution in [0.15, 0.2) is 105 Å². The number of anilines is 6. The number of carbonyl (C=O) groups is 4. The van der Waals surface area contributed by atoms with Crippen molar-refractivity contribution in [3.05, 3.63) is 116 Å². The number of aromatic nitrogens is 7. The highest BCUT2D eigenvalue weighted by molar-refractivity contribution is 5.97. The molecular formula is C45H49N15O4. The molecule has 2 aliphatic heterocycles. The Bertz CT molecular complexity index is 2550. The first kappa shape index (κ1) is 44.0. The number of carbonyl (C=O) groups excluding carboxylic acids is 4. The second kappa shape index (κ2) is 19.7. The highest BCUT2D eigenvalue weighted by Crippen LogP contribution is 2.29. The lowest BCUT2D eigenvalue weighted by Crippen LogP contribution is -2.54. The zero-order valence-corrected chi connectivity index (χ0v) is 35.4. The molecular weight excluding hydrogens is 815 g/mol. The van der Waals surface area contributed by atoms with E-state index in [1.54, 1.807) is 18.6 Å². The topological polar surface area (TPSA) is 265 Å². The zero-order valence-electron chi connectivity index (χ0n) is 35.4. The summed E-state index contributed by atoms with van der Waals surface area (Å²) in [4.78, 5) is 73.7. The van der Waals surface area contributed by atoms with Gasteiger partial charge in [0, 0.05) is 71.8 Å². The van der Waals surface area contributed by atoms with Gasteiger partial charge in [-0.2, -0.15) is 4.98 Å². The number of nitrogens with one attached hydrogen (secondary N) is 4. The molecule has 0 bridgehead atoms. The van der Waals surface area contributed by atoms with Gasteiger partial charge in [-0.3, -0.25) is 29.1 Å². The van der Waals surface area contributed by atoms with Crippen LogP contribution in [-0.2, 0) is 9.59 Å². The van der Waals surface area contributed by atoms with Crippen LogP contribution in [0, 0.1) is 0 Å². The molecule has 19 nitrogen and oxygen atoms in total. The van der Waals surface area contributed by atoms with Gasteiger partial charge in [0.05, 0.1) is 17.2 Å². The van der Waals surface area contributed by atoms with Crippen LogP contribution >= 0.6 is 0 Å². The van der Waals surface area contributed by atoms with E-state index in [2.05, 4.69) is 74.4 Å². The molecule has 8 N–H and O–H groups in total. The Morgan fingerprint density at radius 1 is 0.672 bits per heavy atom. The lowest BCUT2D eigenvalue weighted by atomic mass is 9.97. The molecule has 4 amide bonds. The summed E-state index contributed by atoms with van der Waals surface area (Å²) in [5.74, 6) is -0.374. The largest absolute Gasteiger partial charge is 0.364 e. The fourth-order valence-corrected chi connectivity index (χ4v) is 7.82. The molecule has 0 unspecified atom stereocenters. The summed E-state index contributed by atoms with van der Waals surface area (Å²) < 4.78 is 0. The maximum Gasteiger partial charge on any atom is 0.273 e. The third-order valence-electron chi connectivity index (χ3n) is 11.2. The Hall–Kier alpha value is -8.09. The van der Waals surface area contributed by atoms with Gasteiger partial charge >= 0.3 is 0 Å². The van der Waals surface area contributed by atoms with E-state index in [-0.39, 0.29) is 59.0 Å². The molecule has 0 aliphatic carbocycles. The minimum atomic E-state index is -0.732. The minimum absolute atomic E-state index is 0.0130. The van der Waals surface area contributed by atoms with Crippen molar-refractivity contribution in [3.63, 3.8) is 0 Å². The number of piperidine rings is 2. The summed E-state index contributed by atoms with van der Waals surface area (Å²) >= 11 is 0. The van der Waals surface area contributed by atoms with Gasteiger partial charge in [0.25, 0.3) is 11.8 Å². The van der Waals surface area contributed by atoms with Crippen molar-refractivity contribution < 1.29 is 19.2 Å². The Labute approximate surface area is 368 Å². The van der Waals surface area contributed by atoms with E-state index >= 15 is 0 Å². The van der Waals surface area contributed by atoms with Crippen LogP contribution in [0.5, 0.6) is 0 Å². The number of pyridine rings is 2. The molecule has 2 aliphatic rings. The van der Waals surface area contributed by atoms with E-state index < -0.39 is 11.8 Å². The van der Waals surface area contributed by atoms with Gasteiger partial charge in [0.15, 0.2) is 23.0 Å². The van der Waals surface area contributed by atoms with E-state index in [9.17, 15) is 19.2 Å². The lowest BCUT2D eigenvalue weighted by molar-refractivity contribution is -0.118. The van der Waals surface area contributed by atoms with Crippen molar-refractivity contribution in [2.75, 3.05) is 33.5 Å². The molecule has 64 heavy (non-hydrogen) atoms. The first-order valence-corrected chi connectivity index (χ1v) is 20.8. The first-order chi connectivity index (χ1) is 30.9. The maximum atomic E-state index is 12.0. The Morgan fingerprint density at radius 3 is 1.72 bits per heavy atom. The maximum absolute atomic E-state index is 12.0. The van der Waals surface area contributed by atoms with Crippen LogP contribution < -0.4 is 42.5 Å². The number of nitrogens with zero attached hydrogens (tertiary/aromatic N) is 9. The van der Waals surface area contributed by atoms with Crippen molar-refractivity contribution in [1.29, 1.82) is 0 Å². The predicted octanol–water partition coefficient (Wildman–Crippen LogP) is 4.45. The number of hydrogen-bond donors (Lipinski definition) is 6. The Balaban J connectivity index is 0.000000191. The third-order valence-corrected chi connectivity index (χ3v) is 11.2. The van der Waals surface area contributed by atoms with Crippen molar-refractivity contribution in [2.45, 2.75) is 63.7 Å². The summed E-state index contributed by atoms with van der Waals surface area (Å²) in [6.07, 6.45) is 11.0. The van der Waals surface area contributed by atoms with Gasteiger partial charge in [-0.15, -0.1) is 10.2 Å². The third kappa shape index (κ3) is 10.2. The number of hydrogen-bond acceptors (Lipinski definition) is 15. The van der Waals surface area contributed by atoms with Gasteiger partial charge in [0.2, 0.25) is 17.8 Å². The highest BCUT2D eigenvalue weighted by atomic mass is 16.2. The molecule has 0 spiro atoms. The lowest BCUT2D eigenvalue weighted by Gasteiger charge is -2.40. The summed E-state index contributed by atoms with van der Waals surface area (Å²) in [7, 11) is 0. The normalized spacial score (nSPS) is 18.2. The van der Waals surface area contributed by atoms with Gasteiger partial charge in [0.1, 0.15) is 5.82 Å². The number of amides is 4. The highest BCUT2D eigenvalue weighted by Gasteiger charge is 2.32. The predicted molar refractivity (Wildman–Crippen MR) is 245 cm³/mol. The quantitative estimate of drug-likeness (QED) is 0.0929. The fraction of sp³-hybridized carbons (Fsp3) is 0.267. The second-order valence-electron chi connectivity index (χ2n) is 15.3. The Kier molecular flexibility index (Phi) is 13.6. The van der Waals surface area contributed by atoms with Crippen molar-refractivity contribution in [1.82, 2.24) is 45.8 Å². The monoisotopic (exact) mass is 863 g/mol. The number of nitrogens with two attached hydrogens (primary N) is 2. The van der Waals surface area contributed by atoms with Gasteiger partial charge in [-0.05, 0) is 100 Å². The van der Waals surface area contributed by atoms with Crippen molar-refractivity contribution in [3.8, 4) is 0 Å². The first-order valence-electron chi connectivity index (χ1n) is 20.8.